The summed E-state index contributed by atoms with van der Waals surface area (Å²) in [5.74, 6) is 0.496. The van der Waals surface area contributed by atoms with Crippen molar-refractivity contribution in [3.05, 3.63) is 47.2 Å². The Bertz CT molecular complexity index is 784. The third kappa shape index (κ3) is 3.10. The van der Waals surface area contributed by atoms with E-state index in [-0.39, 0.29) is 18.6 Å². The molecule has 1 aromatic carbocycles. The summed E-state index contributed by atoms with van der Waals surface area (Å²) in [6.45, 7) is 4.62. The van der Waals surface area contributed by atoms with Crippen molar-refractivity contribution >= 4 is 17.8 Å². The molecule has 0 spiro atoms. The third-order valence-electron chi connectivity index (χ3n) is 4.21. The molecule has 1 aliphatic rings. The van der Waals surface area contributed by atoms with Gasteiger partial charge in [-0.05, 0) is 37.1 Å². The van der Waals surface area contributed by atoms with Crippen molar-refractivity contribution in [2.45, 2.75) is 20.0 Å². The molecule has 2 aromatic rings. The number of carbonyl (C=O) groups is 2. The number of nitrogens with zero attached hydrogens (tertiary/aromatic N) is 3. The molecule has 1 unspecified atom stereocenters. The SMILES string of the molecule is Cc1ccc(C(=O)NCC2CN(c3ccnn3C)C(=O)O2)cc1C. The van der Waals surface area contributed by atoms with Crippen molar-refractivity contribution < 1.29 is 14.3 Å². The summed E-state index contributed by atoms with van der Waals surface area (Å²) < 4.78 is 6.92. The highest BCUT2D eigenvalue weighted by Gasteiger charge is 2.33. The average molecular weight is 328 g/mol. The first-order chi connectivity index (χ1) is 11.5. The van der Waals surface area contributed by atoms with E-state index in [1.807, 2.05) is 26.0 Å². The standard InChI is InChI=1S/C17H20N4O3/c1-11-4-5-13(8-12(11)2)16(22)18-9-14-10-21(17(23)24-14)15-6-7-19-20(15)3/h4-8,14H,9-10H2,1-3H3,(H,18,22). The first kappa shape index (κ1) is 16.0. The smallest absolute Gasteiger partial charge is 0.416 e. The number of benzene rings is 1. The van der Waals surface area contributed by atoms with Gasteiger partial charge < -0.3 is 10.1 Å². The summed E-state index contributed by atoms with van der Waals surface area (Å²) in [7, 11) is 1.76. The van der Waals surface area contributed by atoms with Crippen LogP contribution >= 0.6 is 0 Å². The van der Waals surface area contributed by atoms with Gasteiger partial charge in [0.25, 0.3) is 5.91 Å². The van der Waals surface area contributed by atoms with Crippen LogP contribution in [0.5, 0.6) is 0 Å². The second-order valence-corrected chi connectivity index (χ2v) is 5.94. The maximum absolute atomic E-state index is 12.2. The van der Waals surface area contributed by atoms with Crippen molar-refractivity contribution in [1.82, 2.24) is 15.1 Å². The lowest BCUT2D eigenvalue weighted by Gasteiger charge is -2.13. The maximum atomic E-state index is 12.2. The highest BCUT2D eigenvalue weighted by molar-refractivity contribution is 5.94. The average Bonchev–Trinajstić information content (AvgIpc) is 3.13. The second kappa shape index (κ2) is 6.35. The molecule has 2 amide bonds. The Morgan fingerprint density at radius 3 is 2.79 bits per heavy atom. The molecule has 1 atom stereocenters. The summed E-state index contributed by atoms with van der Waals surface area (Å²) >= 11 is 0. The van der Waals surface area contributed by atoms with E-state index < -0.39 is 6.09 Å². The Hall–Kier alpha value is -2.83. The lowest BCUT2D eigenvalue weighted by atomic mass is 10.1. The van der Waals surface area contributed by atoms with E-state index in [4.69, 9.17) is 4.74 Å². The van der Waals surface area contributed by atoms with Gasteiger partial charge in [0.2, 0.25) is 0 Å². The fourth-order valence-electron chi connectivity index (χ4n) is 2.64. The molecule has 1 N–H and O–H groups in total. The monoisotopic (exact) mass is 328 g/mol. The first-order valence-corrected chi connectivity index (χ1v) is 7.77. The van der Waals surface area contributed by atoms with Crippen LogP contribution in [0.3, 0.4) is 0 Å². The number of aromatic nitrogens is 2. The van der Waals surface area contributed by atoms with Gasteiger partial charge in [-0.1, -0.05) is 6.07 Å². The van der Waals surface area contributed by atoms with Gasteiger partial charge in [-0.25, -0.2) is 4.79 Å². The predicted octanol–water partition coefficient (Wildman–Crippen LogP) is 1.79. The number of nitrogens with one attached hydrogen (secondary N) is 1. The van der Waals surface area contributed by atoms with Gasteiger partial charge in [-0.3, -0.25) is 14.4 Å². The Kier molecular flexibility index (Phi) is 4.24. The molecule has 24 heavy (non-hydrogen) atoms. The zero-order chi connectivity index (χ0) is 17.3. The van der Waals surface area contributed by atoms with Crippen molar-refractivity contribution in [2.75, 3.05) is 18.0 Å². The van der Waals surface area contributed by atoms with Crippen molar-refractivity contribution in [2.24, 2.45) is 7.05 Å². The molecule has 0 aliphatic carbocycles. The second-order valence-electron chi connectivity index (χ2n) is 5.94. The molecule has 7 heteroatoms. The zero-order valence-electron chi connectivity index (χ0n) is 13.9. The zero-order valence-corrected chi connectivity index (χ0v) is 13.9. The lowest BCUT2D eigenvalue weighted by molar-refractivity contribution is 0.0916. The summed E-state index contributed by atoms with van der Waals surface area (Å²) in [6.07, 6.45) is 0.809. The molecule has 0 radical (unpaired) electrons. The largest absolute Gasteiger partial charge is 0.442 e. The summed E-state index contributed by atoms with van der Waals surface area (Å²) in [4.78, 5) is 25.7. The molecule has 0 saturated carbocycles. The van der Waals surface area contributed by atoms with E-state index >= 15 is 0 Å². The normalized spacial score (nSPS) is 17.0. The minimum absolute atomic E-state index is 0.173. The molecule has 0 bridgehead atoms. The van der Waals surface area contributed by atoms with Gasteiger partial charge in [-0.15, -0.1) is 0 Å². The molecular formula is C17H20N4O3. The van der Waals surface area contributed by atoms with Crippen molar-refractivity contribution in [3.63, 3.8) is 0 Å². The quantitative estimate of drug-likeness (QED) is 0.928. The highest BCUT2D eigenvalue weighted by atomic mass is 16.6. The molecule has 1 saturated heterocycles. The molecule has 7 nitrogen and oxygen atoms in total. The number of rotatable bonds is 4. The van der Waals surface area contributed by atoms with E-state index in [9.17, 15) is 9.59 Å². The number of anilines is 1. The van der Waals surface area contributed by atoms with Gasteiger partial charge >= 0.3 is 6.09 Å². The predicted molar refractivity (Wildman–Crippen MR) is 89.1 cm³/mol. The molecule has 1 aliphatic heterocycles. The van der Waals surface area contributed by atoms with Crippen LogP contribution < -0.4 is 10.2 Å². The van der Waals surface area contributed by atoms with E-state index in [2.05, 4.69) is 10.4 Å². The van der Waals surface area contributed by atoms with Crippen LogP contribution in [0.1, 0.15) is 21.5 Å². The minimum atomic E-state index is -0.427. The van der Waals surface area contributed by atoms with Crippen LogP contribution in [0.15, 0.2) is 30.5 Å². The number of ether oxygens (including phenoxy) is 1. The van der Waals surface area contributed by atoms with Gasteiger partial charge in [-0.2, -0.15) is 5.10 Å². The lowest BCUT2D eigenvalue weighted by Crippen LogP contribution is -2.35. The molecule has 1 aromatic heterocycles. The van der Waals surface area contributed by atoms with Gasteiger partial charge in [0.15, 0.2) is 0 Å². The van der Waals surface area contributed by atoms with Gasteiger partial charge in [0.1, 0.15) is 11.9 Å². The third-order valence-corrected chi connectivity index (χ3v) is 4.21. The van der Waals surface area contributed by atoms with Crippen LogP contribution in [-0.4, -0.2) is 41.0 Å². The molecule has 126 valence electrons. The number of cyclic esters (lactones) is 1. The number of hydrogen-bond donors (Lipinski definition) is 1. The Morgan fingerprint density at radius 1 is 1.33 bits per heavy atom. The molecule has 3 rings (SSSR count). The molecule has 2 heterocycles. The van der Waals surface area contributed by atoms with Crippen molar-refractivity contribution in [1.29, 1.82) is 0 Å². The fourth-order valence-corrected chi connectivity index (χ4v) is 2.64. The van der Waals surface area contributed by atoms with E-state index in [1.165, 1.54) is 4.90 Å². The topological polar surface area (TPSA) is 76.5 Å². The number of carbonyl (C=O) groups excluding carboxylic acids is 2. The number of hydrogen-bond acceptors (Lipinski definition) is 4. The van der Waals surface area contributed by atoms with E-state index in [1.54, 1.807) is 30.1 Å². The van der Waals surface area contributed by atoms with Crippen LogP contribution in [0, 0.1) is 13.8 Å². The highest BCUT2D eigenvalue weighted by Crippen LogP contribution is 2.20. The van der Waals surface area contributed by atoms with E-state index in [0.717, 1.165) is 11.1 Å². The minimum Gasteiger partial charge on any atom is -0.442 e. The summed E-state index contributed by atoms with van der Waals surface area (Å²) in [6, 6.07) is 7.31. The van der Waals surface area contributed by atoms with Crippen LogP contribution in [0.25, 0.3) is 0 Å². The number of amides is 2. The fraction of sp³-hybridized carbons (Fsp3) is 0.353. The maximum Gasteiger partial charge on any atom is 0.416 e. The van der Waals surface area contributed by atoms with Crippen molar-refractivity contribution in [3.8, 4) is 0 Å². The summed E-state index contributed by atoms with van der Waals surface area (Å²) in [5.41, 5.74) is 2.81. The number of aryl methyl sites for hydroxylation is 3. The van der Waals surface area contributed by atoms with Crippen LogP contribution in [-0.2, 0) is 11.8 Å². The Morgan fingerprint density at radius 2 is 2.12 bits per heavy atom. The molecule has 1 fully saturated rings. The van der Waals surface area contributed by atoms with E-state index in [0.29, 0.717) is 17.9 Å². The van der Waals surface area contributed by atoms with Crippen LogP contribution in [0.2, 0.25) is 0 Å². The molecular weight excluding hydrogens is 308 g/mol. The summed E-state index contributed by atoms with van der Waals surface area (Å²) in [5, 5.41) is 6.87. The first-order valence-electron chi connectivity index (χ1n) is 7.77. The van der Waals surface area contributed by atoms with Gasteiger partial charge in [0.05, 0.1) is 19.3 Å². The Labute approximate surface area is 140 Å². The van der Waals surface area contributed by atoms with Gasteiger partial charge in [0, 0.05) is 18.7 Å². The van der Waals surface area contributed by atoms with Crippen LogP contribution in [0.4, 0.5) is 10.6 Å². The Balaban J connectivity index is 1.59.